The van der Waals surface area contributed by atoms with Crippen molar-refractivity contribution in [3.8, 4) is 5.75 Å². The normalized spacial score (nSPS) is 11.4. The molecule has 2 N–H and O–H groups in total. The van der Waals surface area contributed by atoms with Crippen LogP contribution in [0.5, 0.6) is 5.75 Å². The van der Waals surface area contributed by atoms with E-state index in [0.29, 0.717) is 27.7 Å². The van der Waals surface area contributed by atoms with Gasteiger partial charge in [0, 0.05) is 22.0 Å². The number of ether oxygens (including phenoxy) is 1. The lowest BCUT2D eigenvalue weighted by Gasteiger charge is -2.15. The van der Waals surface area contributed by atoms with Crippen LogP contribution in [0.2, 0.25) is 5.02 Å². The Morgan fingerprint density at radius 1 is 0.857 bits per heavy atom. The molecule has 3 aromatic carbocycles. The van der Waals surface area contributed by atoms with Gasteiger partial charge in [-0.05, 0) is 61.5 Å². The summed E-state index contributed by atoms with van der Waals surface area (Å²) >= 11 is 5.84. The fourth-order valence-electron chi connectivity index (χ4n) is 2.48. The van der Waals surface area contributed by atoms with Crippen LogP contribution < -0.4 is 15.4 Å². The Hall–Kier alpha value is -3.31. The van der Waals surface area contributed by atoms with Gasteiger partial charge in [0.25, 0.3) is 11.8 Å². The zero-order chi connectivity index (χ0) is 19.9. The van der Waals surface area contributed by atoms with E-state index in [9.17, 15) is 9.59 Å². The highest BCUT2D eigenvalue weighted by Crippen LogP contribution is 2.18. The van der Waals surface area contributed by atoms with Gasteiger partial charge in [-0.15, -0.1) is 0 Å². The highest BCUT2D eigenvalue weighted by atomic mass is 35.5. The Balaban J connectivity index is 1.62. The van der Waals surface area contributed by atoms with Gasteiger partial charge < -0.3 is 15.4 Å². The third-order valence-electron chi connectivity index (χ3n) is 3.92. The minimum atomic E-state index is -0.719. The largest absolute Gasteiger partial charge is 0.481 e. The van der Waals surface area contributed by atoms with E-state index in [1.54, 1.807) is 67.6 Å². The smallest absolute Gasteiger partial charge is 0.265 e. The molecular weight excluding hydrogens is 376 g/mol. The van der Waals surface area contributed by atoms with Crippen molar-refractivity contribution in [3.05, 3.63) is 89.4 Å². The molecule has 1 atom stereocenters. The van der Waals surface area contributed by atoms with Crippen LogP contribution in [0.25, 0.3) is 0 Å². The molecule has 5 nitrogen and oxygen atoms in total. The van der Waals surface area contributed by atoms with E-state index in [1.807, 2.05) is 18.2 Å². The van der Waals surface area contributed by atoms with Crippen LogP contribution in [-0.2, 0) is 4.79 Å². The van der Waals surface area contributed by atoms with E-state index in [0.717, 1.165) is 0 Å². The van der Waals surface area contributed by atoms with E-state index >= 15 is 0 Å². The average Bonchev–Trinajstić information content (AvgIpc) is 2.70. The minimum Gasteiger partial charge on any atom is -0.481 e. The third kappa shape index (κ3) is 5.34. The zero-order valence-electron chi connectivity index (χ0n) is 15.2. The van der Waals surface area contributed by atoms with Gasteiger partial charge in [0.05, 0.1) is 0 Å². The second-order valence-corrected chi connectivity index (χ2v) is 6.54. The maximum atomic E-state index is 12.4. The summed E-state index contributed by atoms with van der Waals surface area (Å²) in [6, 6.07) is 22.7. The van der Waals surface area contributed by atoms with Gasteiger partial charge in [-0.3, -0.25) is 9.59 Å². The quantitative estimate of drug-likeness (QED) is 0.618. The Labute approximate surface area is 168 Å². The molecule has 1 unspecified atom stereocenters. The number of hydrogen-bond donors (Lipinski definition) is 2. The summed E-state index contributed by atoms with van der Waals surface area (Å²) < 4.78 is 5.61. The van der Waals surface area contributed by atoms with Crippen molar-refractivity contribution in [2.45, 2.75) is 13.0 Å². The van der Waals surface area contributed by atoms with Crippen LogP contribution in [-0.4, -0.2) is 17.9 Å². The summed E-state index contributed by atoms with van der Waals surface area (Å²) in [5, 5.41) is 6.17. The van der Waals surface area contributed by atoms with Crippen molar-refractivity contribution in [2.24, 2.45) is 0 Å². The number of amides is 2. The van der Waals surface area contributed by atoms with Gasteiger partial charge >= 0.3 is 0 Å². The molecule has 0 saturated carbocycles. The van der Waals surface area contributed by atoms with Crippen molar-refractivity contribution in [3.63, 3.8) is 0 Å². The number of benzene rings is 3. The van der Waals surface area contributed by atoms with Crippen LogP contribution in [0.3, 0.4) is 0 Å². The molecule has 142 valence electrons. The molecule has 0 radical (unpaired) electrons. The van der Waals surface area contributed by atoms with E-state index in [-0.39, 0.29) is 11.8 Å². The predicted octanol–water partition coefficient (Wildman–Crippen LogP) is 5.00. The van der Waals surface area contributed by atoms with Gasteiger partial charge in [0.1, 0.15) is 5.75 Å². The van der Waals surface area contributed by atoms with Gasteiger partial charge in [0.2, 0.25) is 0 Å². The number of carbonyl (C=O) groups excluding carboxylic acids is 2. The second-order valence-electron chi connectivity index (χ2n) is 6.10. The molecule has 0 spiro atoms. The predicted molar refractivity (Wildman–Crippen MR) is 111 cm³/mol. The maximum absolute atomic E-state index is 12.4. The van der Waals surface area contributed by atoms with Crippen molar-refractivity contribution in [1.29, 1.82) is 0 Å². The molecule has 0 saturated heterocycles. The number of rotatable bonds is 6. The number of anilines is 2. The number of hydrogen-bond acceptors (Lipinski definition) is 3. The summed E-state index contributed by atoms with van der Waals surface area (Å²) in [6.07, 6.45) is -0.719. The summed E-state index contributed by atoms with van der Waals surface area (Å²) in [4.78, 5) is 24.8. The van der Waals surface area contributed by atoms with Crippen LogP contribution in [0.1, 0.15) is 17.3 Å². The fraction of sp³-hybridized carbons (Fsp3) is 0.0909. The van der Waals surface area contributed by atoms with Crippen LogP contribution >= 0.6 is 11.6 Å². The molecule has 0 heterocycles. The lowest BCUT2D eigenvalue weighted by molar-refractivity contribution is -0.122. The van der Waals surface area contributed by atoms with E-state index in [1.165, 1.54) is 0 Å². The molecule has 0 aliphatic heterocycles. The van der Waals surface area contributed by atoms with Crippen LogP contribution in [0.4, 0.5) is 11.4 Å². The second kappa shape index (κ2) is 9.06. The zero-order valence-corrected chi connectivity index (χ0v) is 15.9. The number of nitrogens with one attached hydrogen (secondary N) is 2. The molecular formula is C22H19ClN2O3. The lowest BCUT2D eigenvalue weighted by Crippen LogP contribution is -2.30. The standard InChI is InChI=1S/C22H19ClN2O3/c1-15(28-20-12-10-17(23)11-13-20)21(26)25-19-9-5-6-16(14-19)22(27)24-18-7-3-2-4-8-18/h2-15H,1H3,(H,24,27)(H,25,26). The highest BCUT2D eigenvalue weighted by Gasteiger charge is 2.16. The van der Waals surface area contributed by atoms with E-state index < -0.39 is 6.10 Å². The summed E-state index contributed by atoms with van der Waals surface area (Å²) in [5.74, 6) is -0.0358. The third-order valence-corrected chi connectivity index (χ3v) is 4.17. The van der Waals surface area contributed by atoms with Crippen LogP contribution in [0.15, 0.2) is 78.9 Å². The minimum absolute atomic E-state index is 0.257. The van der Waals surface area contributed by atoms with Gasteiger partial charge in [-0.25, -0.2) is 0 Å². The Bertz CT molecular complexity index is 959. The van der Waals surface area contributed by atoms with Gasteiger partial charge in [0.15, 0.2) is 6.10 Å². The first-order valence-electron chi connectivity index (χ1n) is 8.71. The van der Waals surface area contributed by atoms with Crippen molar-refractivity contribution >= 4 is 34.8 Å². The fourth-order valence-corrected chi connectivity index (χ4v) is 2.60. The molecule has 0 aliphatic carbocycles. The Morgan fingerprint density at radius 3 is 2.25 bits per heavy atom. The van der Waals surface area contributed by atoms with Crippen molar-refractivity contribution in [1.82, 2.24) is 0 Å². The van der Waals surface area contributed by atoms with Crippen LogP contribution in [0, 0.1) is 0 Å². The number of carbonyl (C=O) groups is 2. The Kier molecular flexibility index (Phi) is 6.29. The average molecular weight is 395 g/mol. The molecule has 0 fully saturated rings. The van der Waals surface area contributed by atoms with E-state index in [4.69, 9.17) is 16.3 Å². The Morgan fingerprint density at radius 2 is 1.54 bits per heavy atom. The SMILES string of the molecule is CC(Oc1ccc(Cl)cc1)C(=O)Nc1cccc(C(=O)Nc2ccccc2)c1. The molecule has 28 heavy (non-hydrogen) atoms. The lowest BCUT2D eigenvalue weighted by atomic mass is 10.1. The monoisotopic (exact) mass is 394 g/mol. The maximum Gasteiger partial charge on any atom is 0.265 e. The van der Waals surface area contributed by atoms with E-state index in [2.05, 4.69) is 10.6 Å². The molecule has 0 bridgehead atoms. The number of para-hydroxylation sites is 1. The first-order chi connectivity index (χ1) is 13.5. The number of halogens is 1. The van der Waals surface area contributed by atoms with Gasteiger partial charge in [-0.2, -0.15) is 0 Å². The first-order valence-corrected chi connectivity index (χ1v) is 9.08. The molecule has 2 amide bonds. The molecule has 3 rings (SSSR count). The first kappa shape index (κ1) is 19.5. The van der Waals surface area contributed by atoms with Crippen molar-refractivity contribution in [2.75, 3.05) is 10.6 Å². The topological polar surface area (TPSA) is 67.4 Å². The molecule has 0 aliphatic rings. The molecule has 3 aromatic rings. The van der Waals surface area contributed by atoms with Crippen molar-refractivity contribution < 1.29 is 14.3 Å². The molecule has 6 heteroatoms. The molecule has 0 aromatic heterocycles. The summed E-state index contributed by atoms with van der Waals surface area (Å²) in [7, 11) is 0. The van der Waals surface area contributed by atoms with Gasteiger partial charge in [-0.1, -0.05) is 35.9 Å². The summed E-state index contributed by atoms with van der Waals surface area (Å²) in [6.45, 7) is 1.65. The summed E-state index contributed by atoms with van der Waals surface area (Å²) in [5.41, 5.74) is 1.65. The highest BCUT2D eigenvalue weighted by molar-refractivity contribution is 6.30.